The quantitative estimate of drug-likeness (QED) is 0.380. The van der Waals surface area contributed by atoms with Crippen molar-refractivity contribution in [2.75, 3.05) is 7.05 Å². The van der Waals surface area contributed by atoms with Gasteiger partial charge in [0.05, 0.1) is 4.91 Å². The predicted molar refractivity (Wildman–Crippen MR) is 128 cm³/mol. The van der Waals surface area contributed by atoms with Crippen LogP contribution in [0.4, 0.5) is 0 Å². The van der Waals surface area contributed by atoms with Crippen LogP contribution in [0.25, 0.3) is 6.08 Å². The lowest BCUT2D eigenvalue weighted by molar-refractivity contribution is 0.381. The number of phenolic OH excluding ortho intramolecular Hbond substituents is 2. The van der Waals surface area contributed by atoms with Crippen LogP contribution in [0.2, 0.25) is 0 Å². The summed E-state index contributed by atoms with van der Waals surface area (Å²) < 4.78 is 27.4. The Morgan fingerprint density at radius 1 is 1.10 bits per heavy atom. The van der Waals surface area contributed by atoms with Crippen LogP contribution in [0.1, 0.15) is 52.5 Å². The molecule has 0 atom stereocenters. The van der Waals surface area contributed by atoms with Gasteiger partial charge in [0, 0.05) is 0 Å². The molecule has 0 spiro atoms. The van der Waals surface area contributed by atoms with Crippen LogP contribution >= 0.6 is 0 Å². The van der Waals surface area contributed by atoms with E-state index in [-0.39, 0.29) is 16.9 Å². The second-order valence-corrected chi connectivity index (χ2v) is 10.4. The average molecular weight is 444 g/mol. The van der Waals surface area contributed by atoms with Gasteiger partial charge in [0.25, 0.3) is 0 Å². The summed E-state index contributed by atoms with van der Waals surface area (Å²) in [6, 6.07) is 4.69. The predicted octanol–water partition coefficient (Wildman–Crippen LogP) is 5.57. The number of allylic oxidation sites excluding steroid dienone is 9. The van der Waals surface area contributed by atoms with Gasteiger partial charge in [-0.05, 0) is 68.8 Å². The molecule has 1 aliphatic rings. The summed E-state index contributed by atoms with van der Waals surface area (Å²) in [6.07, 6.45) is 14.0. The fourth-order valence-corrected chi connectivity index (χ4v) is 4.92. The van der Waals surface area contributed by atoms with Gasteiger partial charge >= 0.3 is 0 Å². The first-order valence-electron chi connectivity index (χ1n) is 10.4. The monoisotopic (exact) mass is 443 g/mol. The van der Waals surface area contributed by atoms with Gasteiger partial charge in [-0.15, -0.1) is 0 Å². The van der Waals surface area contributed by atoms with E-state index in [0.29, 0.717) is 11.3 Å². The molecule has 31 heavy (non-hydrogen) atoms. The first-order chi connectivity index (χ1) is 14.5. The minimum absolute atomic E-state index is 0.141. The zero-order valence-electron chi connectivity index (χ0n) is 18.9. The van der Waals surface area contributed by atoms with Crippen molar-refractivity contribution in [2.45, 2.75) is 47.0 Å². The van der Waals surface area contributed by atoms with Crippen molar-refractivity contribution in [3.8, 4) is 11.5 Å². The Morgan fingerprint density at radius 2 is 1.81 bits per heavy atom. The number of nitrogens with one attached hydrogen (secondary N) is 1. The zero-order valence-corrected chi connectivity index (χ0v) is 19.8. The van der Waals surface area contributed by atoms with E-state index in [1.807, 2.05) is 50.3 Å². The molecule has 168 valence electrons. The van der Waals surface area contributed by atoms with Gasteiger partial charge in [0.15, 0.2) is 11.5 Å². The van der Waals surface area contributed by atoms with Crippen molar-refractivity contribution in [3.63, 3.8) is 0 Å². The second-order valence-electron chi connectivity index (χ2n) is 8.52. The molecule has 3 N–H and O–H groups in total. The van der Waals surface area contributed by atoms with Crippen molar-refractivity contribution >= 4 is 16.1 Å². The molecule has 1 aliphatic carbocycles. The number of hydrogen-bond acceptors (Lipinski definition) is 4. The third-order valence-corrected chi connectivity index (χ3v) is 7.06. The largest absolute Gasteiger partial charge is 0.504 e. The molecule has 0 radical (unpaired) electrons. The summed E-state index contributed by atoms with van der Waals surface area (Å²) in [5.41, 5.74) is 3.45. The summed E-state index contributed by atoms with van der Waals surface area (Å²) in [7, 11) is -1.99. The van der Waals surface area contributed by atoms with E-state index in [0.717, 1.165) is 35.1 Å². The first kappa shape index (κ1) is 24.7. The van der Waals surface area contributed by atoms with E-state index in [9.17, 15) is 18.6 Å². The van der Waals surface area contributed by atoms with Gasteiger partial charge in [-0.2, -0.15) is 0 Å². The third-order valence-electron chi connectivity index (χ3n) is 5.45. The summed E-state index contributed by atoms with van der Waals surface area (Å²) in [5.74, 6) is -0.288. The van der Waals surface area contributed by atoms with Gasteiger partial charge in [0.2, 0.25) is 10.0 Å². The molecule has 1 aromatic rings. The molecule has 0 unspecified atom stereocenters. The van der Waals surface area contributed by atoms with Crippen molar-refractivity contribution < 1.29 is 18.6 Å². The van der Waals surface area contributed by atoms with Crippen molar-refractivity contribution in [1.29, 1.82) is 0 Å². The molecule has 6 heteroatoms. The molecule has 2 rings (SSSR count). The Morgan fingerprint density at radius 3 is 2.45 bits per heavy atom. The summed E-state index contributed by atoms with van der Waals surface area (Å²) in [6.45, 7) is 8.10. The Labute approximate surface area is 186 Å². The SMILES string of the molecule is CNS(=O)(=O)C1=C(/C=C/C(C)=C/C=C/C(C)=C/c2ccc(O)c(O)c2)C(C)(C)CCC1. The van der Waals surface area contributed by atoms with E-state index in [2.05, 4.69) is 18.6 Å². The number of aromatic hydroxyl groups is 2. The number of hydrogen-bond donors (Lipinski definition) is 3. The van der Waals surface area contributed by atoms with Crippen molar-refractivity contribution in [2.24, 2.45) is 5.41 Å². The highest BCUT2D eigenvalue weighted by atomic mass is 32.2. The lowest BCUT2D eigenvalue weighted by Gasteiger charge is -2.33. The van der Waals surface area contributed by atoms with Crippen molar-refractivity contribution in [1.82, 2.24) is 4.72 Å². The Kier molecular flexibility index (Phi) is 8.09. The van der Waals surface area contributed by atoms with Crippen LogP contribution in [0, 0.1) is 5.41 Å². The highest BCUT2D eigenvalue weighted by Gasteiger charge is 2.33. The highest BCUT2D eigenvalue weighted by Crippen LogP contribution is 2.42. The van der Waals surface area contributed by atoms with Crippen LogP contribution in [0.3, 0.4) is 0 Å². The number of phenols is 2. The van der Waals surface area contributed by atoms with E-state index in [4.69, 9.17) is 0 Å². The zero-order chi connectivity index (χ0) is 23.2. The summed E-state index contributed by atoms with van der Waals surface area (Å²) in [5, 5.41) is 19.0. The number of benzene rings is 1. The Bertz CT molecular complexity index is 1070. The molecular formula is C25H33NO4S. The number of sulfonamides is 1. The molecule has 0 amide bonds. The minimum atomic E-state index is -3.45. The average Bonchev–Trinajstić information content (AvgIpc) is 2.69. The fraction of sp³-hybridized carbons (Fsp3) is 0.360. The molecule has 0 bridgehead atoms. The van der Waals surface area contributed by atoms with Gasteiger partial charge in [-0.1, -0.05) is 67.5 Å². The normalized spacial score (nSPS) is 18.4. The number of rotatable bonds is 7. The fourth-order valence-electron chi connectivity index (χ4n) is 3.62. The smallest absolute Gasteiger partial charge is 0.236 e. The Hall–Kier alpha value is -2.57. The lowest BCUT2D eigenvalue weighted by atomic mass is 9.75. The van der Waals surface area contributed by atoms with Crippen LogP contribution in [-0.2, 0) is 10.0 Å². The maximum absolute atomic E-state index is 12.5. The topological polar surface area (TPSA) is 86.6 Å². The standard InChI is InChI=1S/C25H33NO4S/c1-18(8-6-9-19(2)16-20-12-14-22(27)23(28)17-20)11-13-21-24(31(29,30)26-5)10-7-15-25(21,3)4/h6,8-9,11-14,16-17,26-28H,7,10,15H2,1-5H3/b9-6+,13-11+,18-8+,19-16+. The molecule has 5 nitrogen and oxygen atoms in total. The van der Waals surface area contributed by atoms with E-state index < -0.39 is 10.0 Å². The van der Waals surface area contributed by atoms with Crippen molar-refractivity contribution in [3.05, 3.63) is 75.8 Å². The molecular weight excluding hydrogens is 410 g/mol. The first-order valence-corrected chi connectivity index (χ1v) is 11.8. The molecule has 0 saturated carbocycles. The second kappa shape index (κ2) is 10.2. The van der Waals surface area contributed by atoms with Gasteiger partial charge in [-0.3, -0.25) is 0 Å². The van der Waals surface area contributed by atoms with Crippen LogP contribution in [0.5, 0.6) is 11.5 Å². The molecule has 1 aromatic carbocycles. The summed E-state index contributed by atoms with van der Waals surface area (Å²) in [4.78, 5) is 0.488. The van der Waals surface area contributed by atoms with Gasteiger partial charge < -0.3 is 10.2 Å². The maximum atomic E-state index is 12.5. The van der Waals surface area contributed by atoms with E-state index in [1.54, 1.807) is 6.07 Å². The maximum Gasteiger partial charge on any atom is 0.236 e. The van der Waals surface area contributed by atoms with Crippen LogP contribution in [0.15, 0.2) is 70.2 Å². The molecule has 0 fully saturated rings. The van der Waals surface area contributed by atoms with Gasteiger partial charge in [0.1, 0.15) is 0 Å². The molecule has 0 aliphatic heterocycles. The van der Waals surface area contributed by atoms with E-state index in [1.165, 1.54) is 19.2 Å². The Balaban J connectivity index is 2.21. The molecule has 0 aromatic heterocycles. The molecule has 0 heterocycles. The molecule has 0 saturated heterocycles. The minimum Gasteiger partial charge on any atom is -0.504 e. The van der Waals surface area contributed by atoms with Crippen LogP contribution in [-0.4, -0.2) is 25.7 Å². The van der Waals surface area contributed by atoms with E-state index >= 15 is 0 Å². The van der Waals surface area contributed by atoms with Crippen LogP contribution < -0.4 is 4.72 Å². The summed E-state index contributed by atoms with van der Waals surface area (Å²) >= 11 is 0. The lowest BCUT2D eigenvalue weighted by Crippen LogP contribution is -2.28. The highest BCUT2D eigenvalue weighted by molar-refractivity contribution is 7.93. The third kappa shape index (κ3) is 6.71. The van der Waals surface area contributed by atoms with Gasteiger partial charge in [-0.25, -0.2) is 13.1 Å².